The van der Waals surface area contributed by atoms with E-state index in [1.165, 1.54) is 0 Å². The predicted octanol–water partition coefficient (Wildman–Crippen LogP) is 5.83. The number of benzene rings is 2. The third-order valence-corrected chi connectivity index (χ3v) is 6.99. The second kappa shape index (κ2) is 10.8. The molecule has 6 nitrogen and oxygen atoms in total. The normalized spacial score (nSPS) is 11.5. The van der Waals surface area contributed by atoms with E-state index in [-0.39, 0.29) is 17.4 Å². The van der Waals surface area contributed by atoms with Crippen LogP contribution in [0.5, 0.6) is 5.75 Å². The van der Waals surface area contributed by atoms with Crippen LogP contribution in [0.1, 0.15) is 33.3 Å². The molecule has 188 valence electrons. The van der Waals surface area contributed by atoms with Crippen LogP contribution >= 0.6 is 0 Å². The van der Waals surface area contributed by atoms with Crippen molar-refractivity contribution in [3.05, 3.63) is 101 Å². The van der Waals surface area contributed by atoms with Crippen molar-refractivity contribution < 1.29 is 4.74 Å². The summed E-state index contributed by atoms with van der Waals surface area (Å²) in [4.78, 5) is 18.4. The zero-order valence-corrected chi connectivity index (χ0v) is 21.7. The fraction of sp³-hybridized carbons (Fsp3) is 0.258. The van der Waals surface area contributed by atoms with Gasteiger partial charge in [-0.15, -0.1) is 0 Å². The van der Waals surface area contributed by atoms with Crippen LogP contribution in [0.2, 0.25) is 0 Å². The van der Waals surface area contributed by atoms with Gasteiger partial charge in [0.25, 0.3) is 5.56 Å². The molecule has 4 rings (SSSR count). The summed E-state index contributed by atoms with van der Waals surface area (Å²) >= 11 is 0. The van der Waals surface area contributed by atoms with Crippen LogP contribution in [0.25, 0.3) is 28.1 Å². The van der Waals surface area contributed by atoms with Crippen LogP contribution in [-0.4, -0.2) is 21.7 Å². The Morgan fingerprint density at radius 1 is 0.973 bits per heavy atom. The molecule has 0 atom stereocenters. The lowest BCUT2D eigenvalue weighted by Gasteiger charge is -2.40. The Kier molecular flexibility index (Phi) is 7.56. The maximum absolute atomic E-state index is 13.9. The highest BCUT2D eigenvalue weighted by molar-refractivity contribution is 5.75. The topological polar surface area (TPSA) is 93.9 Å². The molecule has 0 aliphatic carbocycles. The van der Waals surface area contributed by atoms with Crippen LogP contribution in [0.4, 0.5) is 0 Å². The molecule has 2 heterocycles. The molecule has 2 N–H and O–H groups in total. The minimum absolute atomic E-state index is 0.186. The second-order valence-corrected chi connectivity index (χ2v) is 9.76. The number of hydrogen-bond donors (Lipinski definition) is 1. The fourth-order valence-electron chi connectivity index (χ4n) is 4.79. The fourth-order valence-corrected chi connectivity index (χ4v) is 4.79. The summed E-state index contributed by atoms with van der Waals surface area (Å²) < 4.78 is 8.14. The lowest BCUT2D eigenvalue weighted by atomic mass is 9.80. The van der Waals surface area contributed by atoms with Gasteiger partial charge in [-0.2, -0.15) is 5.26 Å². The number of rotatable bonds is 8. The van der Waals surface area contributed by atoms with Gasteiger partial charge in [-0.3, -0.25) is 14.3 Å². The van der Waals surface area contributed by atoms with Gasteiger partial charge in [0.05, 0.1) is 23.0 Å². The van der Waals surface area contributed by atoms with Gasteiger partial charge >= 0.3 is 0 Å². The summed E-state index contributed by atoms with van der Waals surface area (Å²) in [6.45, 7) is 8.80. The standard InChI is InChI=1S/C31H32N4O2/c1-21(2)31(20-33,22(3)4)37-26-12-9-11-25(17-26)35-19-24(29-14-7-8-15-34-29)16-28(30(35)36)27-13-6-5-10-23(27)18-32/h5-17,19,21-22H,20,33H2,1-4H3. The maximum atomic E-state index is 13.9. The third kappa shape index (κ3) is 5.04. The van der Waals surface area contributed by atoms with Crippen LogP contribution in [0.15, 0.2) is 90.0 Å². The minimum Gasteiger partial charge on any atom is -0.485 e. The van der Waals surface area contributed by atoms with Crippen LogP contribution in [0.3, 0.4) is 0 Å². The van der Waals surface area contributed by atoms with E-state index in [9.17, 15) is 10.1 Å². The van der Waals surface area contributed by atoms with Gasteiger partial charge in [0, 0.05) is 41.7 Å². The summed E-state index contributed by atoms with van der Waals surface area (Å²) in [6.07, 6.45) is 3.50. The molecular weight excluding hydrogens is 460 g/mol. The van der Waals surface area contributed by atoms with Gasteiger partial charge in [-0.25, -0.2) is 0 Å². The molecule has 2 aromatic heterocycles. The average Bonchev–Trinajstić information content (AvgIpc) is 2.92. The number of nitrogens with two attached hydrogens (primary N) is 1. The minimum atomic E-state index is -0.545. The number of aromatic nitrogens is 2. The smallest absolute Gasteiger partial charge is 0.263 e. The first-order valence-electron chi connectivity index (χ1n) is 12.5. The van der Waals surface area contributed by atoms with Gasteiger partial charge in [0.15, 0.2) is 0 Å². The van der Waals surface area contributed by atoms with E-state index in [0.717, 1.165) is 11.3 Å². The molecule has 6 heteroatoms. The van der Waals surface area contributed by atoms with Gasteiger partial charge in [-0.05, 0) is 48.2 Å². The molecule has 4 aromatic rings. The van der Waals surface area contributed by atoms with E-state index < -0.39 is 5.60 Å². The first-order valence-corrected chi connectivity index (χ1v) is 12.5. The van der Waals surface area contributed by atoms with Crippen LogP contribution in [0, 0.1) is 23.2 Å². The van der Waals surface area contributed by atoms with Crippen molar-refractivity contribution >= 4 is 0 Å². The van der Waals surface area contributed by atoms with Gasteiger partial charge < -0.3 is 10.5 Å². The van der Waals surface area contributed by atoms with Crippen molar-refractivity contribution in [1.82, 2.24) is 9.55 Å². The highest BCUT2D eigenvalue weighted by Gasteiger charge is 2.38. The molecular formula is C31H32N4O2. The number of hydrogen-bond acceptors (Lipinski definition) is 5. The SMILES string of the molecule is CC(C)C(CN)(Oc1cccc(-n2cc(-c3ccccn3)cc(-c3ccccc3C#N)c2=O)c1)C(C)C. The van der Waals surface area contributed by atoms with Crippen LogP contribution < -0.4 is 16.0 Å². The van der Waals surface area contributed by atoms with E-state index in [2.05, 4.69) is 38.7 Å². The molecule has 0 saturated heterocycles. The Balaban J connectivity index is 1.91. The molecule has 0 saturated carbocycles. The van der Waals surface area contributed by atoms with Crippen LogP contribution in [-0.2, 0) is 0 Å². The summed E-state index contributed by atoms with van der Waals surface area (Å²) in [7, 11) is 0. The molecule has 0 aliphatic rings. The van der Waals surface area contributed by atoms with Crippen molar-refractivity contribution in [2.24, 2.45) is 17.6 Å². The highest BCUT2D eigenvalue weighted by atomic mass is 16.5. The molecule has 0 unspecified atom stereocenters. The van der Waals surface area contributed by atoms with Gasteiger partial charge in [0.2, 0.25) is 0 Å². The Morgan fingerprint density at radius 2 is 1.70 bits per heavy atom. The molecule has 0 aliphatic heterocycles. The lowest BCUT2D eigenvalue weighted by Crippen LogP contribution is -2.52. The molecule has 2 aromatic carbocycles. The van der Waals surface area contributed by atoms with Crippen molar-refractivity contribution in [1.29, 1.82) is 5.26 Å². The Bertz CT molecular complexity index is 1480. The van der Waals surface area contributed by atoms with E-state index in [4.69, 9.17) is 10.5 Å². The van der Waals surface area contributed by atoms with Crippen molar-refractivity contribution in [2.45, 2.75) is 33.3 Å². The maximum Gasteiger partial charge on any atom is 0.263 e. The van der Waals surface area contributed by atoms with E-state index in [0.29, 0.717) is 34.7 Å². The Morgan fingerprint density at radius 3 is 2.35 bits per heavy atom. The molecule has 0 radical (unpaired) electrons. The molecule has 0 spiro atoms. The lowest BCUT2D eigenvalue weighted by molar-refractivity contribution is -0.0126. The summed E-state index contributed by atoms with van der Waals surface area (Å²) in [5.74, 6) is 1.01. The Labute approximate surface area is 218 Å². The number of pyridine rings is 2. The highest BCUT2D eigenvalue weighted by Crippen LogP contribution is 2.33. The molecule has 0 amide bonds. The van der Waals surface area contributed by atoms with E-state index in [1.807, 2.05) is 48.5 Å². The first kappa shape index (κ1) is 25.9. The monoisotopic (exact) mass is 492 g/mol. The molecule has 0 bridgehead atoms. The second-order valence-electron chi connectivity index (χ2n) is 9.76. The largest absolute Gasteiger partial charge is 0.485 e. The number of nitrogens with zero attached hydrogens (tertiary/aromatic N) is 3. The zero-order chi connectivity index (χ0) is 26.6. The average molecular weight is 493 g/mol. The number of ether oxygens (including phenoxy) is 1. The zero-order valence-electron chi connectivity index (χ0n) is 21.7. The number of nitriles is 1. The third-order valence-electron chi connectivity index (χ3n) is 6.99. The molecule has 37 heavy (non-hydrogen) atoms. The Hall–Kier alpha value is -4.21. The summed E-state index contributed by atoms with van der Waals surface area (Å²) in [6, 6.07) is 24.3. The molecule has 0 fully saturated rings. The summed E-state index contributed by atoms with van der Waals surface area (Å²) in [5.41, 5.74) is 9.00. The van der Waals surface area contributed by atoms with E-state index >= 15 is 0 Å². The van der Waals surface area contributed by atoms with Crippen molar-refractivity contribution in [3.8, 4) is 39.9 Å². The van der Waals surface area contributed by atoms with Crippen molar-refractivity contribution in [3.63, 3.8) is 0 Å². The first-order chi connectivity index (χ1) is 17.8. The van der Waals surface area contributed by atoms with Gasteiger partial charge in [0.1, 0.15) is 11.4 Å². The summed E-state index contributed by atoms with van der Waals surface area (Å²) in [5, 5.41) is 9.70. The predicted molar refractivity (Wildman–Crippen MR) is 148 cm³/mol. The van der Waals surface area contributed by atoms with Crippen molar-refractivity contribution in [2.75, 3.05) is 6.54 Å². The van der Waals surface area contributed by atoms with E-state index in [1.54, 1.807) is 41.2 Å². The van der Waals surface area contributed by atoms with Gasteiger partial charge in [-0.1, -0.05) is 58.0 Å². The quantitative estimate of drug-likeness (QED) is 0.334.